The average Bonchev–Trinajstić information content (AvgIpc) is 3.08. The van der Waals surface area contributed by atoms with Crippen LogP contribution in [-0.2, 0) is 6.54 Å². The van der Waals surface area contributed by atoms with Crippen LogP contribution in [0.1, 0.15) is 46.1 Å². The number of anilines is 1. The van der Waals surface area contributed by atoms with Crippen LogP contribution in [0.5, 0.6) is 0 Å². The largest absolute Gasteiger partial charge is 0.321 e. The fraction of sp³-hybridized carbons (Fsp3) is 0.208. The van der Waals surface area contributed by atoms with Crippen molar-refractivity contribution in [3.05, 3.63) is 92.8 Å². The van der Waals surface area contributed by atoms with Gasteiger partial charge in [-0.2, -0.15) is 0 Å². The summed E-state index contributed by atoms with van der Waals surface area (Å²) >= 11 is 1.26. The van der Waals surface area contributed by atoms with Gasteiger partial charge in [-0.1, -0.05) is 62.4 Å². The molecule has 2 aromatic carbocycles. The first-order chi connectivity index (χ1) is 14.5. The Morgan fingerprint density at radius 3 is 2.53 bits per heavy atom. The SMILES string of the molecule is Cc1c(C(=O)Nc2ccccc2C(C)C)sc2ncn(Cc3ccccc3)c(=O)c12. The maximum atomic E-state index is 13.1. The Bertz CT molecular complexity index is 1270. The molecule has 5 nitrogen and oxygen atoms in total. The minimum atomic E-state index is -0.211. The molecular weight excluding hydrogens is 394 g/mol. The smallest absolute Gasteiger partial charge is 0.266 e. The van der Waals surface area contributed by atoms with Gasteiger partial charge in [-0.15, -0.1) is 11.3 Å². The summed E-state index contributed by atoms with van der Waals surface area (Å²) in [6.45, 7) is 6.45. The van der Waals surface area contributed by atoms with Crippen molar-refractivity contribution in [2.45, 2.75) is 33.2 Å². The average molecular weight is 418 g/mol. The second-order valence-electron chi connectivity index (χ2n) is 7.60. The summed E-state index contributed by atoms with van der Waals surface area (Å²) in [6.07, 6.45) is 1.56. The summed E-state index contributed by atoms with van der Waals surface area (Å²) in [5.41, 5.74) is 3.45. The summed E-state index contributed by atoms with van der Waals surface area (Å²) in [4.78, 5) is 31.7. The molecule has 0 spiro atoms. The van der Waals surface area contributed by atoms with Crippen molar-refractivity contribution in [1.82, 2.24) is 9.55 Å². The van der Waals surface area contributed by atoms with Crippen LogP contribution in [0, 0.1) is 6.92 Å². The highest BCUT2D eigenvalue weighted by Gasteiger charge is 2.20. The third kappa shape index (κ3) is 3.78. The van der Waals surface area contributed by atoms with Gasteiger partial charge >= 0.3 is 0 Å². The number of nitrogens with zero attached hydrogens (tertiary/aromatic N) is 2. The number of rotatable bonds is 5. The molecule has 0 aliphatic carbocycles. The minimum absolute atomic E-state index is 0.126. The highest BCUT2D eigenvalue weighted by molar-refractivity contribution is 7.20. The number of amides is 1. The Kier molecular flexibility index (Phi) is 5.50. The van der Waals surface area contributed by atoms with Gasteiger partial charge in [0, 0.05) is 5.69 Å². The van der Waals surface area contributed by atoms with Crippen LogP contribution in [0.4, 0.5) is 5.69 Å². The van der Waals surface area contributed by atoms with Gasteiger partial charge in [-0.25, -0.2) is 4.98 Å². The predicted octanol–water partition coefficient (Wildman–Crippen LogP) is 5.19. The van der Waals surface area contributed by atoms with Crippen molar-refractivity contribution < 1.29 is 4.79 Å². The molecule has 1 N–H and O–H groups in total. The van der Waals surface area contributed by atoms with E-state index in [4.69, 9.17) is 0 Å². The zero-order valence-corrected chi connectivity index (χ0v) is 18.0. The lowest BCUT2D eigenvalue weighted by Gasteiger charge is -2.13. The first-order valence-corrected chi connectivity index (χ1v) is 10.7. The molecule has 0 saturated heterocycles. The van der Waals surface area contributed by atoms with Crippen LogP contribution >= 0.6 is 11.3 Å². The number of carbonyl (C=O) groups excluding carboxylic acids is 1. The molecule has 0 atom stereocenters. The normalized spacial score (nSPS) is 11.2. The molecule has 0 saturated carbocycles. The number of hydrogen-bond donors (Lipinski definition) is 1. The molecule has 1 amide bonds. The molecule has 152 valence electrons. The van der Waals surface area contributed by atoms with Crippen molar-refractivity contribution in [2.24, 2.45) is 0 Å². The lowest BCUT2D eigenvalue weighted by molar-refractivity contribution is 0.103. The van der Waals surface area contributed by atoms with Crippen LogP contribution in [-0.4, -0.2) is 15.5 Å². The molecule has 0 aliphatic heterocycles. The first kappa shape index (κ1) is 20.0. The highest BCUT2D eigenvalue weighted by Crippen LogP contribution is 2.29. The highest BCUT2D eigenvalue weighted by atomic mass is 32.1. The van der Waals surface area contributed by atoms with Gasteiger partial charge in [0.25, 0.3) is 11.5 Å². The molecule has 0 bridgehead atoms. The lowest BCUT2D eigenvalue weighted by atomic mass is 10.0. The Labute approximate surface area is 179 Å². The van der Waals surface area contributed by atoms with E-state index in [-0.39, 0.29) is 17.4 Å². The Morgan fingerprint density at radius 2 is 1.80 bits per heavy atom. The van der Waals surface area contributed by atoms with E-state index >= 15 is 0 Å². The Balaban J connectivity index is 1.69. The van der Waals surface area contributed by atoms with Gasteiger partial charge in [0.2, 0.25) is 0 Å². The molecule has 4 aromatic rings. The molecule has 0 unspecified atom stereocenters. The number of thiophene rings is 1. The zero-order valence-electron chi connectivity index (χ0n) is 17.2. The third-order valence-electron chi connectivity index (χ3n) is 5.15. The van der Waals surface area contributed by atoms with Crippen LogP contribution < -0.4 is 10.9 Å². The second kappa shape index (κ2) is 8.24. The zero-order chi connectivity index (χ0) is 21.3. The van der Waals surface area contributed by atoms with E-state index in [2.05, 4.69) is 24.1 Å². The minimum Gasteiger partial charge on any atom is -0.321 e. The van der Waals surface area contributed by atoms with Crippen LogP contribution in [0.25, 0.3) is 10.2 Å². The van der Waals surface area contributed by atoms with Crippen molar-refractivity contribution in [3.8, 4) is 0 Å². The molecule has 6 heteroatoms. The molecular formula is C24H23N3O2S. The van der Waals surface area contributed by atoms with E-state index in [1.165, 1.54) is 11.3 Å². The number of carbonyl (C=O) groups is 1. The molecule has 0 radical (unpaired) electrons. The third-order valence-corrected chi connectivity index (χ3v) is 6.35. The fourth-order valence-electron chi connectivity index (χ4n) is 3.56. The number of aryl methyl sites for hydroxylation is 1. The van der Waals surface area contributed by atoms with Gasteiger partial charge in [-0.05, 0) is 35.6 Å². The van der Waals surface area contributed by atoms with Crippen LogP contribution in [0.2, 0.25) is 0 Å². The van der Waals surface area contributed by atoms with Crippen molar-refractivity contribution in [1.29, 1.82) is 0 Å². The van der Waals surface area contributed by atoms with Gasteiger partial charge < -0.3 is 5.32 Å². The Morgan fingerprint density at radius 1 is 1.10 bits per heavy atom. The predicted molar refractivity (Wildman–Crippen MR) is 123 cm³/mol. The summed E-state index contributed by atoms with van der Waals surface area (Å²) in [6, 6.07) is 17.6. The van der Waals surface area contributed by atoms with E-state index in [1.54, 1.807) is 10.9 Å². The number of aromatic nitrogens is 2. The van der Waals surface area contributed by atoms with E-state index < -0.39 is 0 Å². The lowest BCUT2D eigenvalue weighted by Crippen LogP contribution is -2.21. The molecule has 4 rings (SSSR count). The van der Waals surface area contributed by atoms with Gasteiger partial charge in [0.1, 0.15) is 4.83 Å². The number of benzene rings is 2. The quantitative estimate of drug-likeness (QED) is 0.486. The molecule has 2 heterocycles. The summed E-state index contributed by atoms with van der Waals surface area (Å²) in [5.74, 6) is 0.0782. The number of para-hydroxylation sites is 1. The standard InChI is InChI=1S/C24H23N3O2S/c1-15(2)18-11-7-8-12-19(18)26-22(28)21-16(3)20-23(30-21)25-14-27(24(20)29)13-17-9-5-4-6-10-17/h4-12,14-15H,13H2,1-3H3,(H,26,28). The van der Waals surface area contributed by atoms with Crippen molar-refractivity contribution in [3.63, 3.8) is 0 Å². The second-order valence-corrected chi connectivity index (χ2v) is 8.59. The van der Waals surface area contributed by atoms with Gasteiger partial charge in [-0.3, -0.25) is 14.2 Å². The number of hydrogen-bond acceptors (Lipinski definition) is 4. The Hall–Kier alpha value is -3.25. The van der Waals surface area contributed by atoms with Gasteiger partial charge in [0.05, 0.1) is 23.1 Å². The van der Waals surface area contributed by atoms with E-state index in [9.17, 15) is 9.59 Å². The molecule has 2 aromatic heterocycles. The summed E-state index contributed by atoms with van der Waals surface area (Å²) in [5, 5.41) is 3.53. The monoisotopic (exact) mass is 417 g/mol. The maximum Gasteiger partial charge on any atom is 0.266 e. The molecule has 0 aliphatic rings. The fourth-order valence-corrected chi connectivity index (χ4v) is 4.60. The number of nitrogens with one attached hydrogen (secondary N) is 1. The van der Waals surface area contributed by atoms with E-state index in [0.29, 0.717) is 27.2 Å². The van der Waals surface area contributed by atoms with E-state index in [1.807, 2.05) is 61.5 Å². The van der Waals surface area contributed by atoms with Crippen molar-refractivity contribution >= 4 is 33.1 Å². The summed E-state index contributed by atoms with van der Waals surface area (Å²) < 4.78 is 1.59. The van der Waals surface area contributed by atoms with Crippen LogP contribution in [0.3, 0.4) is 0 Å². The first-order valence-electron chi connectivity index (χ1n) is 9.88. The van der Waals surface area contributed by atoms with E-state index in [0.717, 1.165) is 16.8 Å². The van der Waals surface area contributed by atoms with Crippen LogP contribution in [0.15, 0.2) is 65.7 Å². The van der Waals surface area contributed by atoms with Gasteiger partial charge in [0.15, 0.2) is 0 Å². The van der Waals surface area contributed by atoms with Crippen molar-refractivity contribution in [2.75, 3.05) is 5.32 Å². The maximum absolute atomic E-state index is 13.1. The molecule has 30 heavy (non-hydrogen) atoms. The summed E-state index contributed by atoms with van der Waals surface area (Å²) in [7, 11) is 0. The number of fused-ring (bicyclic) bond motifs is 1. The topological polar surface area (TPSA) is 64.0 Å². The molecule has 0 fully saturated rings.